The molecule has 2 aromatic carbocycles. The fourth-order valence-electron chi connectivity index (χ4n) is 2.20. The molecule has 6 N–H and O–H groups in total. The van der Waals surface area contributed by atoms with Gasteiger partial charge in [0.2, 0.25) is 11.8 Å². The monoisotopic (exact) mass is 400 g/mol. The summed E-state index contributed by atoms with van der Waals surface area (Å²) in [7, 11) is 0. The number of hydrogen-bond donors (Lipinski definition) is 4. The van der Waals surface area contributed by atoms with E-state index in [0.717, 1.165) is 0 Å². The van der Waals surface area contributed by atoms with Gasteiger partial charge in [0.1, 0.15) is 0 Å². The van der Waals surface area contributed by atoms with E-state index in [1.165, 1.54) is 24.3 Å². The van der Waals surface area contributed by atoms with Crippen LogP contribution in [-0.2, 0) is 9.47 Å². The van der Waals surface area contributed by atoms with Gasteiger partial charge in [-0.15, -0.1) is 0 Å². The highest BCUT2D eigenvalue weighted by Crippen LogP contribution is 2.11. The van der Waals surface area contributed by atoms with Gasteiger partial charge >= 0.3 is 12.2 Å². The summed E-state index contributed by atoms with van der Waals surface area (Å²) in [5.41, 5.74) is 11.6. The van der Waals surface area contributed by atoms with Crippen molar-refractivity contribution in [3.63, 3.8) is 0 Å². The fourth-order valence-corrected chi connectivity index (χ4v) is 2.20. The van der Waals surface area contributed by atoms with Crippen LogP contribution in [-0.4, -0.2) is 37.2 Å². The van der Waals surface area contributed by atoms with Gasteiger partial charge in [0.05, 0.1) is 13.2 Å². The Morgan fingerprint density at radius 2 is 1.14 bits per heavy atom. The Morgan fingerprint density at radius 3 is 1.52 bits per heavy atom. The molecular weight excluding hydrogens is 380 g/mol. The lowest BCUT2D eigenvalue weighted by Crippen LogP contribution is -2.18. The standard InChI is InChI=1S/C19H20N4O6/c20-16(24)12-4-1-6-14(10-12)22-18(26)28-8-3-9-29-19(27)23-15-7-2-5-13(11-15)17(21)25/h1-2,4-7,10-11H,3,8-9H2,(H2,20,24)(H2,21,25)(H,22,26)(H,23,27). The number of rotatable bonds is 8. The van der Waals surface area contributed by atoms with Gasteiger partial charge in [-0.1, -0.05) is 12.1 Å². The summed E-state index contributed by atoms with van der Waals surface area (Å²) in [4.78, 5) is 45.6. The van der Waals surface area contributed by atoms with E-state index in [1.807, 2.05) is 0 Å². The first-order valence-electron chi connectivity index (χ1n) is 8.52. The molecule has 0 spiro atoms. The number of benzene rings is 2. The maximum Gasteiger partial charge on any atom is 0.411 e. The molecule has 2 aromatic rings. The van der Waals surface area contributed by atoms with Gasteiger partial charge < -0.3 is 20.9 Å². The summed E-state index contributed by atoms with van der Waals surface area (Å²) in [6.45, 7) is 0.0115. The third-order valence-corrected chi connectivity index (χ3v) is 3.54. The van der Waals surface area contributed by atoms with Crippen molar-refractivity contribution in [3.05, 3.63) is 59.7 Å². The minimum atomic E-state index is -0.723. The zero-order chi connectivity index (χ0) is 21.2. The van der Waals surface area contributed by atoms with Gasteiger partial charge in [-0.25, -0.2) is 9.59 Å². The molecule has 4 amide bonds. The van der Waals surface area contributed by atoms with Crippen molar-refractivity contribution >= 4 is 35.4 Å². The molecule has 0 radical (unpaired) electrons. The number of primary amides is 2. The Kier molecular flexibility index (Phi) is 7.54. The third-order valence-electron chi connectivity index (χ3n) is 3.54. The molecule has 0 heterocycles. The SMILES string of the molecule is NC(=O)c1cccc(NC(=O)OCCCOC(=O)Nc2cccc(C(N)=O)c2)c1. The first kappa shape index (κ1) is 21.2. The highest BCUT2D eigenvalue weighted by atomic mass is 16.6. The average Bonchev–Trinajstić information content (AvgIpc) is 2.68. The van der Waals surface area contributed by atoms with Crippen molar-refractivity contribution in [2.24, 2.45) is 11.5 Å². The number of carbonyl (C=O) groups excluding carboxylic acids is 4. The number of ether oxygens (including phenoxy) is 2. The number of hydrogen-bond acceptors (Lipinski definition) is 6. The molecule has 0 fully saturated rings. The largest absolute Gasteiger partial charge is 0.449 e. The van der Waals surface area contributed by atoms with Gasteiger partial charge in [-0.05, 0) is 36.4 Å². The van der Waals surface area contributed by atoms with Crippen molar-refractivity contribution in [2.75, 3.05) is 23.8 Å². The van der Waals surface area contributed by atoms with E-state index in [9.17, 15) is 19.2 Å². The van der Waals surface area contributed by atoms with E-state index in [-0.39, 0.29) is 30.8 Å². The lowest BCUT2D eigenvalue weighted by atomic mass is 10.2. The Morgan fingerprint density at radius 1 is 0.724 bits per heavy atom. The van der Waals surface area contributed by atoms with Crippen LogP contribution in [0.1, 0.15) is 27.1 Å². The van der Waals surface area contributed by atoms with E-state index >= 15 is 0 Å². The summed E-state index contributed by atoms with van der Waals surface area (Å²) in [5.74, 6) is -1.22. The smallest absolute Gasteiger partial charge is 0.411 e. The van der Waals surface area contributed by atoms with Crippen LogP contribution in [0.25, 0.3) is 0 Å². The Balaban J connectivity index is 1.66. The molecule has 29 heavy (non-hydrogen) atoms. The van der Waals surface area contributed by atoms with Crippen molar-refractivity contribution in [2.45, 2.75) is 6.42 Å². The van der Waals surface area contributed by atoms with Crippen LogP contribution < -0.4 is 22.1 Å². The molecule has 0 aliphatic rings. The molecule has 0 aromatic heterocycles. The van der Waals surface area contributed by atoms with Gasteiger partial charge in [0, 0.05) is 28.9 Å². The second kappa shape index (κ2) is 10.3. The van der Waals surface area contributed by atoms with Crippen LogP contribution in [0.2, 0.25) is 0 Å². The van der Waals surface area contributed by atoms with E-state index < -0.39 is 24.0 Å². The van der Waals surface area contributed by atoms with Crippen molar-refractivity contribution in [1.82, 2.24) is 0 Å². The lowest BCUT2D eigenvalue weighted by Gasteiger charge is -2.09. The second-order valence-corrected chi connectivity index (χ2v) is 5.77. The topological polar surface area (TPSA) is 163 Å². The highest BCUT2D eigenvalue weighted by Gasteiger charge is 2.08. The average molecular weight is 400 g/mol. The van der Waals surface area contributed by atoms with Crippen molar-refractivity contribution in [3.8, 4) is 0 Å². The van der Waals surface area contributed by atoms with E-state index in [2.05, 4.69) is 10.6 Å². The molecule has 10 heteroatoms. The minimum Gasteiger partial charge on any atom is -0.449 e. The zero-order valence-corrected chi connectivity index (χ0v) is 15.3. The number of anilines is 2. The number of nitrogens with two attached hydrogens (primary N) is 2. The molecule has 152 valence electrons. The fraction of sp³-hybridized carbons (Fsp3) is 0.158. The number of nitrogens with one attached hydrogen (secondary N) is 2. The normalized spacial score (nSPS) is 9.93. The molecule has 2 rings (SSSR count). The quantitative estimate of drug-likeness (QED) is 0.496. The first-order valence-corrected chi connectivity index (χ1v) is 8.52. The maximum atomic E-state index is 11.7. The Hall–Kier alpha value is -4.08. The first-order chi connectivity index (χ1) is 13.8. The van der Waals surface area contributed by atoms with Crippen LogP contribution in [0, 0.1) is 0 Å². The maximum absolute atomic E-state index is 11.7. The van der Waals surface area contributed by atoms with Gasteiger partial charge in [0.15, 0.2) is 0 Å². The predicted octanol–water partition coefficient (Wildman–Crippen LogP) is 2.07. The molecule has 0 unspecified atom stereocenters. The molecule has 0 bridgehead atoms. The predicted molar refractivity (Wildman–Crippen MR) is 104 cm³/mol. The molecule has 0 saturated carbocycles. The molecule has 0 atom stereocenters. The molecule has 0 aliphatic heterocycles. The second-order valence-electron chi connectivity index (χ2n) is 5.77. The van der Waals surface area contributed by atoms with Gasteiger partial charge in [-0.2, -0.15) is 0 Å². The molecule has 0 saturated heterocycles. The van der Waals surface area contributed by atoms with E-state index in [1.54, 1.807) is 24.3 Å². The number of carbonyl (C=O) groups is 4. The Labute approximate surface area is 166 Å². The van der Waals surface area contributed by atoms with E-state index in [4.69, 9.17) is 20.9 Å². The van der Waals surface area contributed by atoms with Crippen LogP contribution in [0.3, 0.4) is 0 Å². The highest BCUT2D eigenvalue weighted by molar-refractivity contribution is 5.95. The lowest BCUT2D eigenvalue weighted by molar-refractivity contribution is 0.0992. The number of amides is 4. The van der Waals surface area contributed by atoms with Crippen molar-refractivity contribution in [1.29, 1.82) is 0 Å². The van der Waals surface area contributed by atoms with Crippen LogP contribution in [0.4, 0.5) is 21.0 Å². The summed E-state index contributed by atoms with van der Waals surface area (Å²) in [5, 5.41) is 4.91. The summed E-state index contributed by atoms with van der Waals surface area (Å²) in [6, 6.07) is 12.2. The van der Waals surface area contributed by atoms with Gasteiger partial charge in [0.25, 0.3) is 0 Å². The molecular formula is C19H20N4O6. The summed E-state index contributed by atoms with van der Waals surface area (Å²) >= 11 is 0. The molecule has 10 nitrogen and oxygen atoms in total. The van der Waals surface area contributed by atoms with Crippen LogP contribution >= 0.6 is 0 Å². The summed E-state index contributed by atoms with van der Waals surface area (Å²) in [6.07, 6.45) is -1.18. The summed E-state index contributed by atoms with van der Waals surface area (Å²) < 4.78 is 9.92. The van der Waals surface area contributed by atoms with Crippen LogP contribution in [0.5, 0.6) is 0 Å². The Bertz CT molecular complexity index is 842. The van der Waals surface area contributed by atoms with Gasteiger partial charge in [-0.3, -0.25) is 20.2 Å². The van der Waals surface area contributed by atoms with Crippen molar-refractivity contribution < 1.29 is 28.7 Å². The third kappa shape index (κ3) is 7.21. The van der Waals surface area contributed by atoms with E-state index in [0.29, 0.717) is 11.4 Å². The minimum absolute atomic E-state index is 0.00574. The zero-order valence-electron chi connectivity index (χ0n) is 15.3. The van der Waals surface area contributed by atoms with Crippen LogP contribution in [0.15, 0.2) is 48.5 Å². The molecule has 0 aliphatic carbocycles.